The first-order valence-electron chi connectivity index (χ1n) is 10.0. The van der Waals surface area contributed by atoms with Crippen LogP contribution in [-0.4, -0.2) is 13.9 Å². The van der Waals surface area contributed by atoms with Gasteiger partial charge in [-0.2, -0.15) is 0 Å². The van der Waals surface area contributed by atoms with Crippen LogP contribution in [0.2, 0.25) is 0 Å². The highest BCUT2D eigenvalue weighted by Crippen LogP contribution is 2.68. The summed E-state index contributed by atoms with van der Waals surface area (Å²) in [4.78, 5) is 26.7. The Morgan fingerprint density at radius 3 is 2.14 bits per heavy atom. The van der Waals surface area contributed by atoms with Gasteiger partial charge in [0, 0.05) is 11.3 Å². The minimum absolute atomic E-state index is 0.157. The van der Waals surface area contributed by atoms with Crippen LogP contribution in [0.5, 0.6) is 0 Å². The van der Waals surface area contributed by atoms with Gasteiger partial charge < -0.3 is 0 Å². The number of benzene rings is 2. The van der Waals surface area contributed by atoms with Gasteiger partial charge in [-0.05, 0) is 30.2 Å². The van der Waals surface area contributed by atoms with Crippen LogP contribution in [0, 0.1) is 11.3 Å². The van der Waals surface area contributed by atoms with Gasteiger partial charge in [0.2, 0.25) is 0 Å². The highest BCUT2D eigenvalue weighted by molar-refractivity contribution is 5.80. The van der Waals surface area contributed by atoms with E-state index in [9.17, 15) is 9.59 Å². The molecule has 0 saturated heterocycles. The van der Waals surface area contributed by atoms with Crippen LogP contribution in [0.3, 0.4) is 0 Å². The van der Waals surface area contributed by atoms with Crippen LogP contribution in [0.1, 0.15) is 31.5 Å². The molecule has 2 aliphatic heterocycles. The lowest BCUT2D eigenvalue weighted by atomic mass is 9.48. The van der Waals surface area contributed by atoms with E-state index >= 15 is 0 Å². The molecule has 29 heavy (non-hydrogen) atoms. The molecule has 0 radical (unpaired) electrons. The minimum Gasteiger partial charge on any atom is -0.245 e. The van der Waals surface area contributed by atoms with E-state index in [1.807, 2.05) is 24.3 Å². The zero-order valence-corrected chi connectivity index (χ0v) is 16.3. The molecule has 7 rings (SSSR count). The lowest BCUT2D eigenvalue weighted by Gasteiger charge is -2.61. The Balaban J connectivity index is 1.59. The van der Waals surface area contributed by atoms with Crippen molar-refractivity contribution in [1.29, 1.82) is 0 Å². The summed E-state index contributed by atoms with van der Waals surface area (Å²) in [6, 6.07) is 19.3. The topological polar surface area (TPSA) is 48.9 Å². The molecule has 2 bridgehead atoms. The molecular formula is C24H21N3O2. The van der Waals surface area contributed by atoms with E-state index in [2.05, 4.69) is 50.3 Å². The molecule has 144 valence electrons. The highest BCUT2D eigenvalue weighted by atomic mass is 16.2. The quantitative estimate of drug-likeness (QED) is 0.635. The van der Waals surface area contributed by atoms with Crippen molar-refractivity contribution in [2.45, 2.75) is 25.9 Å². The third kappa shape index (κ3) is 1.81. The minimum atomic E-state index is -0.264. The fourth-order valence-electron chi connectivity index (χ4n) is 5.81. The van der Waals surface area contributed by atoms with Crippen molar-refractivity contribution in [3.8, 4) is 5.69 Å². The Labute approximate surface area is 167 Å². The van der Waals surface area contributed by atoms with Gasteiger partial charge in [0.25, 0.3) is 0 Å². The Bertz CT molecular complexity index is 1320. The van der Waals surface area contributed by atoms with Crippen molar-refractivity contribution in [2.75, 3.05) is 0 Å². The number of rotatable bonds is 2. The first-order valence-corrected chi connectivity index (χ1v) is 10.0. The molecule has 4 aliphatic rings. The number of nitrogens with zero attached hydrogens (tertiary/aromatic N) is 3. The maximum atomic E-state index is 13.4. The van der Waals surface area contributed by atoms with Gasteiger partial charge >= 0.3 is 11.4 Å². The van der Waals surface area contributed by atoms with Crippen LogP contribution >= 0.6 is 0 Å². The molecule has 2 aromatic carbocycles. The van der Waals surface area contributed by atoms with Gasteiger partial charge in [-0.3, -0.25) is 0 Å². The molecule has 3 heterocycles. The fraction of sp³-hybridized carbons (Fsp3) is 0.250. The average molecular weight is 383 g/mol. The number of aromatic nitrogens is 3. The van der Waals surface area contributed by atoms with Gasteiger partial charge in [-0.25, -0.2) is 23.5 Å². The number of hydrogen-bond acceptors (Lipinski definition) is 2. The van der Waals surface area contributed by atoms with E-state index in [0.717, 1.165) is 0 Å². The number of para-hydroxylation sites is 1. The van der Waals surface area contributed by atoms with Gasteiger partial charge in [0.15, 0.2) is 0 Å². The third-order valence-corrected chi connectivity index (χ3v) is 7.27. The smallest absolute Gasteiger partial charge is 0.245 e. The van der Waals surface area contributed by atoms with E-state index in [0.29, 0.717) is 5.69 Å². The molecule has 2 aliphatic carbocycles. The molecule has 0 fully saturated rings. The van der Waals surface area contributed by atoms with Crippen LogP contribution in [0.15, 0.2) is 88.0 Å². The molecule has 0 unspecified atom stereocenters. The summed E-state index contributed by atoms with van der Waals surface area (Å²) in [5.74, 6) is 0.184. The molecular weight excluding hydrogens is 362 g/mol. The van der Waals surface area contributed by atoms with Crippen LogP contribution in [0.4, 0.5) is 0 Å². The summed E-state index contributed by atoms with van der Waals surface area (Å²) >= 11 is 0. The van der Waals surface area contributed by atoms with Gasteiger partial charge in [0.1, 0.15) is 0 Å². The van der Waals surface area contributed by atoms with Gasteiger partial charge in [0.05, 0.1) is 17.8 Å². The standard InChI is InChI=1S/C24H21N3O2/c1-15-20(16-9-5-3-6-10-16)21-18-13-14-19(24(15,21)2)27-23(29)25(22(28)26(18)27)17-11-7-4-8-12-17/h3-14,18-19,21H,1-2H3/t18-,19-,21-,24-/m0/s1. The van der Waals surface area contributed by atoms with Crippen molar-refractivity contribution in [3.05, 3.63) is 105 Å². The molecule has 0 N–H and O–H groups in total. The monoisotopic (exact) mass is 383 g/mol. The molecule has 3 aromatic rings. The highest BCUT2D eigenvalue weighted by Gasteiger charge is 2.62. The van der Waals surface area contributed by atoms with E-state index < -0.39 is 0 Å². The van der Waals surface area contributed by atoms with E-state index in [1.54, 1.807) is 21.5 Å². The SMILES string of the molecule is CC1=C(c2ccccc2)[C@@H]2[C@@H]3C=C[C@H](n4c(=O)n(-c5ccccc5)c(=O)n43)[C@]12C. The van der Waals surface area contributed by atoms with Crippen molar-refractivity contribution in [1.82, 2.24) is 13.9 Å². The molecule has 1 aromatic heterocycles. The van der Waals surface area contributed by atoms with Crippen molar-refractivity contribution in [2.24, 2.45) is 11.3 Å². The van der Waals surface area contributed by atoms with Gasteiger partial charge in [-0.15, -0.1) is 0 Å². The lowest BCUT2D eigenvalue weighted by molar-refractivity contribution is 0.0516. The van der Waals surface area contributed by atoms with Gasteiger partial charge in [-0.1, -0.05) is 73.2 Å². The normalized spacial score (nSPS) is 28.8. The number of hydrogen-bond donors (Lipinski definition) is 0. The van der Waals surface area contributed by atoms with Crippen molar-refractivity contribution < 1.29 is 0 Å². The van der Waals surface area contributed by atoms with E-state index in [1.165, 1.54) is 21.3 Å². The Hall–Kier alpha value is -3.34. The second-order valence-corrected chi connectivity index (χ2v) is 8.41. The number of allylic oxidation sites excluding steroid dienone is 4. The lowest BCUT2D eigenvalue weighted by Crippen LogP contribution is -2.59. The largest absolute Gasteiger partial charge is 0.352 e. The Morgan fingerprint density at radius 1 is 0.828 bits per heavy atom. The maximum Gasteiger partial charge on any atom is 0.352 e. The summed E-state index contributed by atoms with van der Waals surface area (Å²) in [5.41, 5.74) is 3.75. The summed E-state index contributed by atoms with van der Waals surface area (Å²) in [7, 11) is 0. The first kappa shape index (κ1) is 16.6. The predicted molar refractivity (Wildman–Crippen MR) is 112 cm³/mol. The Kier molecular flexibility index (Phi) is 3.08. The van der Waals surface area contributed by atoms with Crippen LogP contribution < -0.4 is 11.4 Å². The average Bonchev–Trinajstić information content (AvgIpc) is 3.03. The predicted octanol–water partition coefficient (Wildman–Crippen LogP) is 3.58. The second-order valence-electron chi connectivity index (χ2n) is 8.41. The molecule has 0 amide bonds. The zero-order valence-electron chi connectivity index (χ0n) is 16.3. The maximum absolute atomic E-state index is 13.4. The fourth-order valence-corrected chi connectivity index (χ4v) is 5.81. The molecule has 5 heteroatoms. The summed E-state index contributed by atoms with van der Waals surface area (Å²) < 4.78 is 4.67. The van der Waals surface area contributed by atoms with Crippen LogP contribution in [0.25, 0.3) is 11.3 Å². The summed E-state index contributed by atoms with van der Waals surface area (Å²) in [6.07, 6.45) is 4.23. The summed E-state index contributed by atoms with van der Waals surface area (Å²) in [6.45, 7) is 4.41. The molecule has 4 atom stereocenters. The Morgan fingerprint density at radius 2 is 1.45 bits per heavy atom. The third-order valence-electron chi connectivity index (χ3n) is 7.27. The van der Waals surface area contributed by atoms with E-state index in [4.69, 9.17) is 0 Å². The van der Waals surface area contributed by atoms with Crippen LogP contribution in [-0.2, 0) is 0 Å². The van der Waals surface area contributed by atoms with E-state index in [-0.39, 0.29) is 34.8 Å². The van der Waals surface area contributed by atoms with Crippen molar-refractivity contribution >= 4 is 5.57 Å². The van der Waals surface area contributed by atoms with Crippen molar-refractivity contribution in [3.63, 3.8) is 0 Å². The molecule has 0 saturated carbocycles. The first-order chi connectivity index (χ1) is 14.0. The molecule has 5 nitrogen and oxygen atoms in total. The molecule has 0 spiro atoms. The summed E-state index contributed by atoms with van der Waals surface area (Å²) in [5, 5.41) is 0. The second kappa shape index (κ2) is 5.38. The zero-order chi connectivity index (χ0) is 19.9.